The topological polar surface area (TPSA) is 70.2 Å². The fraction of sp³-hybridized carbons (Fsp3) is 0.435. The molecule has 1 aliphatic rings. The standard InChI is InChI=1S/C23H31N3O4S/c1-4-25(5-2)31(28,29)26-14-12-24(13-15-26)23(27)21-10-7-11-22(17-21)30-18-20-9-6-8-19(3)16-20/h6-11,16-17H,4-5,12-15,18H2,1-3H3. The van der Waals surface area contributed by atoms with Crippen molar-refractivity contribution in [2.24, 2.45) is 0 Å². The number of hydrogen-bond acceptors (Lipinski definition) is 4. The van der Waals surface area contributed by atoms with Gasteiger partial charge in [0.1, 0.15) is 12.4 Å². The Morgan fingerprint density at radius 3 is 2.32 bits per heavy atom. The molecule has 1 saturated heterocycles. The maximum absolute atomic E-state index is 13.0. The third-order valence-electron chi connectivity index (χ3n) is 5.45. The van der Waals surface area contributed by atoms with Gasteiger partial charge in [-0.2, -0.15) is 17.0 Å². The van der Waals surface area contributed by atoms with Crippen LogP contribution in [0.25, 0.3) is 0 Å². The summed E-state index contributed by atoms with van der Waals surface area (Å²) in [4.78, 5) is 14.7. The molecule has 0 aliphatic carbocycles. The van der Waals surface area contributed by atoms with Gasteiger partial charge in [-0.25, -0.2) is 0 Å². The summed E-state index contributed by atoms with van der Waals surface area (Å²) in [5, 5.41) is 0. The summed E-state index contributed by atoms with van der Waals surface area (Å²) >= 11 is 0. The smallest absolute Gasteiger partial charge is 0.282 e. The average molecular weight is 446 g/mol. The van der Waals surface area contributed by atoms with E-state index in [4.69, 9.17) is 4.74 Å². The highest BCUT2D eigenvalue weighted by Gasteiger charge is 2.32. The first kappa shape index (κ1) is 23.2. The Kier molecular flexibility index (Phi) is 7.69. The van der Waals surface area contributed by atoms with Gasteiger partial charge in [-0.1, -0.05) is 49.7 Å². The number of nitrogens with zero attached hydrogens (tertiary/aromatic N) is 3. The molecule has 0 radical (unpaired) electrons. The maximum atomic E-state index is 13.0. The Balaban J connectivity index is 1.60. The number of rotatable bonds is 8. The molecule has 0 aromatic heterocycles. The van der Waals surface area contributed by atoms with Gasteiger partial charge in [0, 0.05) is 44.8 Å². The SMILES string of the molecule is CCN(CC)S(=O)(=O)N1CCN(C(=O)c2cccc(OCc3cccc(C)c3)c2)CC1. The molecule has 31 heavy (non-hydrogen) atoms. The van der Waals surface area contributed by atoms with Gasteiger partial charge in [-0.15, -0.1) is 0 Å². The van der Waals surface area contributed by atoms with Gasteiger partial charge >= 0.3 is 0 Å². The van der Waals surface area contributed by atoms with E-state index >= 15 is 0 Å². The zero-order valence-corrected chi connectivity index (χ0v) is 19.3. The van der Waals surface area contributed by atoms with E-state index in [1.807, 2.05) is 45.0 Å². The first-order chi connectivity index (χ1) is 14.8. The van der Waals surface area contributed by atoms with Crippen molar-refractivity contribution in [3.05, 3.63) is 65.2 Å². The van der Waals surface area contributed by atoms with Crippen molar-refractivity contribution in [3.8, 4) is 5.75 Å². The predicted octanol–water partition coefficient (Wildman–Crippen LogP) is 2.92. The fourth-order valence-corrected chi connectivity index (χ4v) is 5.31. The molecule has 1 heterocycles. The highest BCUT2D eigenvalue weighted by molar-refractivity contribution is 7.86. The molecule has 0 N–H and O–H groups in total. The summed E-state index contributed by atoms with van der Waals surface area (Å²) in [5.41, 5.74) is 2.79. The largest absolute Gasteiger partial charge is 0.489 e. The molecule has 0 bridgehead atoms. The first-order valence-electron chi connectivity index (χ1n) is 10.7. The summed E-state index contributed by atoms with van der Waals surface area (Å²) in [7, 11) is -3.47. The molecule has 0 saturated carbocycles. The lowest BCUT2D eigenvalue weighted by Gasteiger charge is -2.36. The van der Waals surface area contributed by atoms with Crippen molar-refractivity contribution in [1.82, 2.24) is 13.5 Å². The lowest BCUT2D eigenvalue weighted by Crippen LogP contribution is -2.54. The molecule has 0 atom stereocenters. The van der Waals surface area contributed by atoms with Crippen LogP contribution in [0.5, 0.6) is 5.75 Å². The van der Waals surface area contributed by atoms with Crippen molar-refractivity contribution in [2.45, 2.75) is 27.4 Å². The minimum absolute atomic E-state index is 0.110. The summed E-state index contributed by atoms with van der Waals surface area (Å²) in [6.07, 6.45) is 0. The molecule has 0 unspecified atom stereocenters. The minimum atomic E-state index is -3.47. The van der Waals surface area contributed by atoms with Crippen LogP contribution in [-0.4, -0.2) is 67.1 Å². The molecule has 7 nitrogen and oxygen atoms in total. The van der Waals surface area contributed by atoms with Gasteiger partial charge in [-0.05, 0) is 30.7 Å². The third-order valence-corrected chi connectivity index (χ3v) is 7.64. The normalized spacial score (nSPS) is 15.3. The number of benzene rings is 2. The van der Waals surface area contributed by atoms with Crippen LogP contribution in [0, 0.1) is 6.92 Å². The van der Waals surface area contributed by atoms with Crippen LogP contribution < -0.4 is 4.74 Å². The average Bonchev–Trinajstić information content (AvgIpc) is 2.78. The number of aryl methyl sites for hydroxylation is 1. The van der Waals surface area contributed by atoms with Crippen LogP contribution >= 0.6 is 0 Å². The van der Waals surface area contributed by atoms with Gasteiger partial charge in [0.25, 0.3) is 16.1 Å². The first-order valence-corrected chi connectivity index (χ1v) is 12.1. The quantitative estimate of drug-likeness (QED) is 0.627. The van der Waals surface area contributed by atoms with Crippen LogP contribution in [0.3, 0.4) is 0 Å². The molecule has 8 heteroatoms. The van der Waals surface area contributed by atoms with Crippen LogP contribution in [0.2, 0.25) is 0 Å². The van der Waals surface area contributed by atoms with Crippen molar-refractivity contribution in [3.63, 3.8) is 0 Å². The Bertz CT molecular complexity index is 997. The monoisotopic (exact) mass is 445 g/mol. The maximum Gasteiger partial charge on any atom is 0.282 e. The molecule has 3 rings (SSSR count). The van der Waals surface area contributed by atoms with Crippen molar-refractivity contribution >= 4 is 16.1 Å². The van der Waals surface area contributed by atoms with Crippen LogP contribution in [0.4, 0.5) is 0 Å². The number of hydrogen-bond donors (Lipinski definition) is 0. The van der Waals surface area contributed by atoms with Gasteiger partial charge in [0.05, 0.1) is 0 Å². The van der Waals surface area contributed by atoms with Crippen molar-refractivity contribution < 1.29 is 17.9 Å². The van der Waals surface area contributed by atoms with Crippen molar-refractivity contribution in [2.75, 3.05) is 39.3 Å². The van der Waals surface area contributed by atoms with Gasteiger partial charge in [0.15, 0.2) is 0 Å². The Morgan fingerprint density at radius 2 is 1.68 bits per heavy atom. The van der Waals surface area contributed by atoms with E-state index in [0.29, 0.717) is 57.2 Å². The van der Waals surface area contributed by atoms with Crippen molar-refractivity contribution in [1.29, 1.82) is 0 Å². The van der Waals surface area contributed by atoms with E-state index in [9.17, 15) is 13.2 Å². The lowest BCUT2D eigenvalue weighted by atomic mass is 10.1. The molecular formula is C23H31N3O4S. The summed E-state index contributed by atoms with van der Waals surface area (Å²) in [6.45, 7) is 8.34. The molecule has 1 aliphatic heterocycles. The summed E-state index contributed by atoms with van der Waals surface area (Å²) in [5.74, 6) is 0.524. The molecule has 1 fully saturated rings. The zero-order valence-electron chi connectivity index (χ0n) is 18.5. The van der Waals surface area contributed by atoms with E-state index in [1.54, 1.807) is 23.1 Å². The molecule has 0 spiro atoms. The minimum Gasteiger partial charge on any atom is -0.489 e. The fourth-order valence-electron chi connectivity index (χ4n) is 3.71. The number of carbonyl (C=O) groups excluding carboxylic acids is 1. The highest BCUT2D eigenvalue weighted by Crippen LogP contribution is 2.19. The number of piperazine rings is 1. The second-order valence-corrected chi connectivity index (χ2v) is 9.52. The Morgan fingerprint density at radius 1 is 1.00 bits per heavy atom. The van der Waals surface area contributed by atoms with Crippen LogP contribution in [0.1, 0.15) is 35.3 Å². The third kappa shape index (κ3) is 5.64. The van der Waals surface area contributed by atoms with E-state index in [-0.39, 0.29) is 5.91 Å². The number of carbonyl (C=O) groups is 1. The molecule has 2 aromatic carbocycles. The predicted molar refractivity (Wildman–Crippen MR) is 121 cm³/mol. The van der Waals surface area contributed by atoms with Gasteiger partial charge in [-0.3, -0.25) is 4.79 Å². The molecule has 1 amide bonds. The number of ether oxygens (including phenoxy) is 1. The zero-order chi connectivity index (χ0) is 22.4. The van der Waals surface area contributed by atoms with E-state index in [1.165, 1.54) is 14.2 Å². The molecule has 2 aromatic rings. The van der Waals surface area contributed by atoms with E-state index in [0.717, 1.165) is 5.56 Å². The second kappa shape index (κ2) is 10.3. The van der Waals surface area contributed by atoms with Gasteiger partial charge in [0.2, 0.25) is 0 Å². The highest BCUT2D eigenvalue weighted by atomic mass is 32.2. The summed E-state index contributed by atoms with van der Waals surface area (Å²) in [6, 6.07) is 15.3. The van der Waals surface area contributed by atoms with Gasteiger partial charge < -0.3 is 9.64 Å². The van der Waals surface area contributed by atoms with Crippen LogP contribution in [0.15, 0.2) is 48.5 Å². The lowest BCUT2D eigenvalue weighted by molar-refractivity contribution is 0.0693. The van der Waals surface area contributed by atoms with E-state index < -0.39 is 10.2 Å². The Labute approximate surface area is 185 Å². The summed E-state index contributed by atoms with van der Waals surface area (Å²) < 4.78 is 34.1. The molecule has 168 valence electrons. The Hall–Kier alpha value is -2.42. The van der Waals surface area contributed by atoms with Crippen LogP contribution in [-0.2, 0) is 16.8 Å². The second-order valence-electron chi connectivity index (χ2n) is 7.59. The number of amides is 1. The van der Waals surface area contributed by atoms with E-state index in [2.05, 4.69) is 6.07 Å². The molecular weight excluding hydrogens is 414 g/mol.